The first-order valence-corrected chi connectivity index (χ1v) is 14.9. The summed E-state index contributed by atoms with van der Waals surface area (Å²) in [6, 6.07) is 15.2. The van der Waals surface area contributed by atoms with Crippen molar-refractivity contribution >= 4 is 44.9 Å². The van der Waals surface area contributed by atoms with Crippen LogP contribution < -0.4 is 39.6 Å². The predicted octanol–water partition coefficient (Wildman–Crippen LogP) is 1.77. The second-order valence-corrected chi connectivity index (χ2v) is 12.0. The number of ether oxygens (including phenoxy) is 1. The summed E-state index contributed by atoms with van der Waals surface area (Å²) in [4.78, 5) is 39.8. The van der Waals surface area contributed by atoms with E-state index in [1.807, 2.05) is 11.0 Å². The van der Waals surface area contributed by atoms with Crippen molar-refractivity contribution in [2.45, 2.75) is 31.6 Å². The van der Waals surface area contributed by atoms with Crippen molar-refractivity contribution in [2.75, 3.05) is 31.6 Å². The molecule has 1 aliphatic rings. The monoisotopic (exact) mass is 630 g/mol. The van der Waals surface area contributed by atoms with Crippen LogP contribution in [0.25, 0.3) is 4.72 Å². The Kier molecular flexibility index (Phi) is 11.9. The number of nitrogens with zero attached hydrogens (tertiary/aromatic N) is 3. The van der Waals surface area contributed by atoms with Gasteiger partial charge in [-0.3, -0.25) is 14.5 Å². The number of rotatable bonds is 10. The standard InChI is InChI=1S/C30H29ClN4O6S.Na/c1-19-11-21(16-32)14-22(12-19)30(38)25-15-23(31)5-8-27(25)41-18-29(37)33-26-7-6-24(13-20(26)2)42(39,40)34-28(36)17-35-9-3-4-10-35;/h5-8,11-15H,3-4,9-10,17-18H2,1-2H3,(H2,33,34,36,37);/q;+1/p-1. The number of sulfonamides is 1. The number of hydrogen-bond donors (Lipinski definition) is 1. The summed E-state index contributed by atoms with van der Waals surface area (Å²) >= 11 is 6.13. The van der Waals surface area contributed by atoms with Crippen molar-refractivity contribution in [1.29, 1.82) is 5.26 Å². The minimum absolute atomic E-state index is 0. The fourth-order valence-corrected chi connectivity index (χ4v) is 5.72. The first-order valence-electron chi connectivity index (χ1n) is 13.1. The fraction of sp³-hybridized carbons (Fsp3) is 0.267. The van der Waals surface area contributed by atoms with Gasteiger partial charge in [-0.15, -0.1) is 0 Å². The molecule has 0 radical (unpaired) electrons. The average Bonchev–Trinajstić information content (AvgIpc) is 3.45. The number of nitriles is 1. The second kappa shape index (κ2) is 15.0. The van der Waals surface area contributed by atoms with Gasteiger partial charge < -0.3 is 19.6 Å². The van der Waals surface area contributed by atoms with E-state index in [0.29, 0.717) is 21.8 Å². The summed E-state index contributed by atoms with van der Waals surface area (Å²) in [6.45, 7) is 4.35. The predicted molar refractivity (Wildman–Crippen MR) is 157 cm³/mol. The number of benzene rings is 3. The zero-order valence-corrected chi connectivity index (χ0v) is 27.6. The Morgan fingerprint density at radius 3 is 2.44 bits per heavy atom. The summed E-state index contributed by atoms with van der Waals surface area (Å²) in [5.41, 5.74) is 2.23. The van der Waals surface area contributed by atoms with Gasteiger partial charge in [0, 0.05) is 22.8 Å². The molecule has 43 heavy (non-hydrogen) atoms. The quantitative estimate of drug-likeness (QED) is 0.263. The van der Waals surface area contributed by atoms with Gasteiger partial charge in [0.25, 0.3) is 5.91 Å². The summed E-state index contributed by atoms with van der Waals surface area (Å²) < 4.78 is 34.4. The molecule has 10 nitrogen and oxygen atoms in total. The molecule has 0 unspecified atom stereocenters. The van der Waals surface area contributed by atoms with E-state index in [4.69, 9.17) is 16.3 Å². The molecule has 0 saturated carbocycles. The minimum Gasteiger partial charge on any atom is -0.541 e. The molecule has 1 N–H and O–H groups in total. The third kappa shape index (κ3) is 9.13. The maximum atomic E-state index is 13.3. The van der Waals surface area contributed by atoms with Crippen molar-refractivity contribution in [3.63, 3.8) is 0 Å². The van der Waals surface area contributed by atoms with E-state index < -0.39 is 34.2 Å². The van der Waals surface area contributed by atoms with Gasteiger partial charge in [0.2, 0.25) is 0 Å². The van der Waals surface area contributed by atoms with Crippen LogP contribution in [0.1, 0.15) is 45.5 Å². The minimum atomic E-state index is -4.21. The smallest absolute Gasteiger partial charge is 0.541 e. The van der Waals surface area contributed by atoms with Crippen LogP contribution >= 0.6 is 11.6 Å². The van der Waals surface area contributed by atoms with E-state index in [2.05, 4.69) is 10.0 Å². The van der Waals surface area contributed by atoms with Gasteiger partial charge in [-0.1, -0.05) is 11.6 Å². The molecule has 2 amide bonds. The van der Waals surface area contributed by atoms with Gasteiger partial charge in [-0.2, -0.15) is 5.26 Å². The Hall–Kier alpha value is -3.24. The van der Waals surface area contributed by atoms with Crippen molar-refractivity contribution in [3.05, 3.63) is 92.2 Å². The summed E-state index contributed by atoms with van der Waals surface area (Å²) in [6.07, 6.45) is 1.93. The van der Waals surface area contributed by atoms with E-state index in [1.165, 1.54) is 42.5 Å². The van der Waals surface area contributed by atoms with E-state index in [1.54, 1.807) is 26.0 Å². The van der Waals surface area contributed by atoms with E-state index >= 15 is 0 Å². The normalized spacial score (nSPS) is 13.0. The fourth-order valence-electron chi connectivity index (χ4n) is 4.55. The van der Waals surface area contributed by atoms with Crippen LogP contribution in [0.5, 0.6) is 5.75 Å². The molecule has 0 atom stereocenters. The number of aryl methyl sites for hydroxylation is 2. The molecule has 0 aromatic heterocycles. The molecule has 1 aliphatic heterocycles. The molecule has 218 valence electrons. The van der Waals surface area contributed by atoms with Gasteiger partial charge in [-0.25, -0.2) is 8.42 Å². The Balaban J connectivity index is 0.00000506. The number of carbonyl (C=O) groups excluding carboxylic acids is 3. The van der Waals surface area contributed by atoms with Crippen LogP contribution in [-0.4, -0.2) is 57.2 Å². The van der Waals surface area contributed by atoms with Crippen LogP contribution in [0.15, 0.2) is 59.5 Å². The third-order valence-electron chi connectivity index (χ3n) is 6.56. The largest absolute Gasteiger partial charge is 1.00 e. The van der Waals surface area contributed by atoms with Crippen LogP contribution in [0, 0.1) is 25.2 Å². The second-order valence-electron chi connectivity index (χ2n) is 9.93. The molecule has 4 rings (SSSR count). The molecule has 3 aromatic rings. The summed E-state index contributed by atoms with van der Waals surface area (Å²) in [5.74, 6) is -1.59. The maximum Gasteiger partial charge on any atom is 1.00 e. The number of halogens is 1. The van der Waals surface area contributed by atoms with Gasteiger partial charge in [0.1, 0.15) is 15.8 Å². The van der Waals surface area contributed by atoms with Crippen LogP contribution in [0.4, 0.5) is 5.69 Å². The molecule has 1 saturated heterocycles. The molecule has 0 aliphatic carbocycles. The van der Waals surface area contributed by atoms with E-state index in [-0.39, 0.29) is 57.9 Å². The average molecular weight is 631 g/mol. The molecule has 3 aromatic carbocycles. The number of amides is 2. The number of ketones is 1. The molecule has 0 bridgehead atoms. The van der Waals surface area contributed by atoms with Crippen LogP contribution in [-0.2, 0) is 19.6 Å². The number of anilines is 1. The third-order valence-corrected chi connectivity index (χ3v) is 8.09. The summed E-state index contributed by atoms with van der Waals surface area (Å²) in [7, 11) is -4.21. The molecule has 0 spiro atoms. The number of carbonyl (C=O) groups is 3. The Morgan fingerprint density at radius 1 is 1.05 bits per heavy atom. The van der Waals surface area contributed by atoms with E-state index in [9.17, 15) is 28.1 Å². The molecule has 13 heteroatoms. The molecular formula is C30H28ClN4NaO6S. The molecule has 1 heterocycles. The van der Waals surface area contributed by atoms with Crippen molar-refractivity contribution in [3.8, 4) is 11.8 Å². The van der Waals surface area contributed by atoms with Crippen molar-refractivity contribution < 1.29 is 57.1 Å². The first-order chi connectivity index (χ1) is 19.9. The Morgan fingerprint density at radius 2 is 1.77 bits per heavy atom. The van der Waals surface area contributed by atoms with Gasteiger partial charge in [0.15, 0.2) is 12.4 Å². The van der Waals surface area contributed by atoms with Crippen molar-refractivity contribution in [1.82, 2.24) is 4.90 Å². The Bertz CT molecular complexity index is 1700. The van der Waals surface area contributed by atoms with Crippen LogP contribution in [0.2, 0.25) is 5.02 Å². The molecule has 1 fully saturated rings. The van der Waals surface area contributed by atoms with Gasteiger partial charge in [0.05, 0.1) is 28.0 Å². The van der Waals surface area contributed by atoms with Gasteiger partial charge >= 0.3 is 29.6 Å². The molecular weight excluding hydrogens is 603 g/mol. The SMILES string of the molecule is Cc1cc(C#N)cc(C(=O)c2cc(Cl)ccc2OCC(=O)Nc2ccc(S(=O)(=O)[N-]C(=O)CN3CCCC3)cc2C)c1.[Na+]. The first kappa shape index (κ1) is 34.3. The Labute approximate surface area is 277 Å². The van der Waals surface area contributed by atoms with Crippen molar-refractivity contribution in [2.24, 2.45) is 0 Å². The maximum absolute atomic E-state index is 13.3. The van der Waals surface area contributed by atoms with Gasteiger partial charge in [-0.05, 0) is 106 Å². The number of likely N-dealkylation sites (tertiary alicyclic amines) is 1. The zero-order chi connectivity index (χ0) is 30.4. The number of nitrogens with one attached hydrogen (secondary N) is 1. The topological polar surface area (TPSA) is 148 Å². The van der Waals surface area contributed by atoms with Crippen LogP contribution in [0.3, 0.4) is 0 Å². The summed E-state index contributed by atoms with van der Waals surface area (Å²) in [5, 5.41) is 12.2. The van der Waals surface area contributed by atoms with E-state index in [0.717, 1.165) is 31.5 Å². The number of hydrogen-bond acceptors (Lipinski definition) is 8. The zero-order valence-electron chi connectivity index (χ0n) is 24.0.